The number of rotatable bonds is 3. The molecule has 1 aromatic heterocycles. The highest BCUT2D eigenvalue weighted by atomic mass is 79.9. The average Bonchev–Trinajstić information content (AvgIpc) is 3.10. The van der Waals surface area contributed by atoms with Gasteiger partial charge in [0.15, 0.2) is 0 Å². The molecule has 0 saturated heterocycles. The molecule has 110 valence electrons. The maximum Gasteiger partial charge on any atom is 0.228 e. The smallest absolute Gasteiger partial charge is 0.228 e. The Bertz CT molecular complexity index is 690. The molecule has 0 aliphatic heterocycles. The van der Waals surface area contributed by atoms with Gasteiger partial charge < -0.3 is 5.32 Å². The number of aryl methyl sites for hydroxylation is 2. The number of halogens is 1. The highest BCUT2D eigenvalue weighted by Gasteiger charge is 2.39. The number of aromatic nitrogens is 2. The Kier molecular flexibility index (Phi) is 3.61. The van der Waals surface area contributed by atoms with Crippen molar-refractivity contribution in [1.82, 2.24) is 9.78 Å². The molecule has 2 atom stereocenters. The van der Waals surface area contributed by atoms with Gasteiger partial charge in [-0.3, -0.25) is 9.48 Å². The van der Waals surface area contributed by atoms with Crippen LogP contribution in [0.2, 0.25) is 0 Å². The number of amides is 1. The lowest BCUT2D eigenvalue weighted by Crippen LogP contribution is -2.17. The molecule has 0 radical (unpaired) electrons. The fraction of sp³-hybridized carbons (Fsp3) is 0.375. The van der Waals surface area contributed by atoms with Gasteiger partial charge in [0, 0.05) is 23.0 Å². The number of hydrogen-bond donors (Lipinski definition) is 1. The normalized spacial score (nSPS) is 20.4. The van der Waals surface area contributed by atoms with Crippen molar-refractivity contribution in [3.8, 4) is 11.1 Å². The Morgan fingerprint density at radius 1 is 1.38 bits per heavy atom. The Balaban J connectivity index is 1.96. The van der Waals surface area contributed by atoms with Crippen LogP contribution in [0.5, 0.6) is 0 Å². The molecular weight excluding hydrogens is 330 g/mol. The molecule has 1 aliphatic carbocycles. The lowest BCUT2D eigenvalue weighted by Gasteiger charge is -2.09. The number of carbonyl (C=O) groups excluding carboxylic acids is 1. The van der Waals surface area contributed by atoms with Crippen molar-refractivity contribution in [2.24, 2.45) is 18.9 Å². The van der Waals surface area contributed by atoms with E-state index >= 15 is 0 Å². The zero-order valence-corrected chi connectivity index (χ0v) is 13.9. The molecule has 1 fully saturated rings. The molecule has 1 saturated carbocycles. The topological polar surface area (TPSA) is 46.9 Å². The first-order valence-electron chi connectivity index (χ1n) is 7.07. The van der Waals surface area contributed by atoms with Gasteiger partial charge in [0.05, 0.1) is 5.69 Å². The van der Waals surface area contributed by atoms with Gasteiger partial charge in [0.2, 0.25) is 5.91 Å². The summed E-state index contributed by atoms with van der Waals surface area (Å²) in [6.07, 6.45) is 0.982. The highest BCUT2D eigenvalue weighted by molar-refractivity contribution is 9.10. The quantitative estimate of drug-likeness (QED) is 0.918. The number of anilines is 1. The Morgan fingerprint density at radius 2 is 2.00 bits per heavy atom. The first-order valence-corrected chi connectivity index (χ1v) is 7.87. The molecule has 1 aliphatic rings. The van der Waals surface area contributed by atoms with Crippen LogP contribution in [0.3, 0.4) is 0 Å². The molecule has 1 heterocycles. The van der Waals surface area contributed by atoms with Crippen molar-refractivity contribution in [3.63, 3.8) is 0 Å². The molecule has 21 heavy (non-hydrogen) atoms. The van der Waals surface area contributed by atoms with Gasteiger partial charge in [0.25, 0.3) is 0 Å². The van der Waals surface area contributed by atoms with E-state index in [1.807, 2.05) is 38.2 Å². The molecule has 1 aromatic carbocycles. The third-order valence-electron chi connectivity index (χ3n) is 4.04. The standard InChI is InChI=1S/C16H18BrN3O/c1-9-8-13(9)16(21)18-15-14(10(2)19-20(15)3)11-4-6-12(17)7-5-11/h4-7,9,13H,8H2,1-3H3,(H,18,21)/t9-,13+/m1/s1. The molecule has 4 nitrogen and oxygen atoms in total. The van der Waals surface area contributed by atoms with Crippen LogP contribution in [-0.4, -0.2) is 15.7 Å². The van der Waals surface area contributed by atoms with Crippen LogP contribution < -0.4 is 5.32 Å². The van der Waals surface area contributed by atoms with E-state index in [0.29, 0.717) is 5.92 Å². The maximum absolute atomic E-state index is 12.2. The van der Waals surface area contributed by atoms with Crippen LogP contribution in [-0.2, 0) is 11.8 Å². The van der Waals surface area contributed by atoms with Crippen LogP contribution in [0.4, 0.5) is 5.82 Å². The summed E-state index contributed by atoms with van der Waals surface area (Å²) < 4.78 is 2.78. The highest BCUT2D eigenvalue weighted by Crippen LogP contribution is 2.39. The first kappa shape index (κ1) is 14.3. The van der Waals surface area contributed by atoms with Crippen LogP contribution >= 0.6 is 15.9 Å². The van der Waals surface area contributed by atoms with E-state index < -0.39 is 0 Å². The zero-order valence-electron chi connectivity index (χ0n) is 12.4. The fourth-order valence-corrected chi connectivity index (χ4v) is 2.92. The summed E-state index contributed by atoms with van der Waals surface area (Å²) in [6, 6.07) is 8.06. The van der Waals surface area contributed by atoms with Crippen molar-refractivity contribution in [1.29, 1.82) is 0 Å². The maximum atomic E-state index is 12.2. The van der Waals surface area contributed by atoms with E-state index in [2.05, 4.69) is 33.3 Å². The summed E-state index contributed by atoms with van der Waals surface area (Å²) in [4.78, 5) is 12.2. The van der Waals surface area contributed by atoms with E-state index in [1.54, 1.807) is 4.68 Å². The minimum atomic E-state index is 0.101. The van der Waals surface area contributed by atoms with Gasteiger partial charge in [0.1, 0.15) is 5.82 Å². The van der Waals surface area contributed by atoms with Crippen LogP contribution in [0.15, 0.2) is 28.7 Å². The molecule has 0 unspecified atom stereocenters. The van der Waals surface area contributed by atoms with Gasteiger partial charge in [-0.25, -0.2) is 0 Å². The fourth-order valence-electron chi connectivity index (χ4n) is 2.66. The minimum Gasteiger partial charge on any atom is -0.310 e. The summed E-state index contributed by atoms with van der Waals surface area (Å²) in [5.74, 6) is 1.52. The predicted molar refractivity (Wildman–Crippen MR) is 87.0 cm³/mol. The van der Waals surface area contributed by atoms with E-state index in [9.17, 15) is 4.79 Å². The minimum absolute atomic E-state index is 0.101. The van der Waals surface area contributed by atoms with Gasteiger partial charge in [-0.2, -0.15) is 5.10 Å². The number of nitrogens with zero attached hydrogens (tertiary/aromatic N) is 2. The van der Waals surface area contributed by atoms with Crippen LogP contribution in [0.25, 0.3) is 11.1 Å². The molecule has 1 amide bonds. The average molecular weight is 348 g/mol. The number of benzene rings is 1. The second-order valence-corrected chi connectivity index (χ2v) is 6.66. The summed E-state index contributed by atoms with van der Waals surface area (Å²) in [5, 5.41) is 7.51. The third-order valence-corrected chi connectivity index (χ3v) is 4.57. The molecular formula is C16H18BrN3O. The van der Waals surface area contributed by atoms with E-state index in [4.69, 9.17) is 0 Å². The lowest BCUT2D eigenvalue weighted by atomic mass is 10.1. The molecule has 0 spiro atoms. The SMILES string of the molecule is Cc1nn(C)c(NC(=O)[C@H]2C[C@H]2C)c1-c1ccc(Br)cc1. The van der Waals surface area contributed by atoms with Crippen molar-refractivity contribution >= 4 is 27.7 Å². The van der Waals surface area contributed by atoms with Crippen LogP contribution in [0, 0.1) is 18.8 Å². The molecule has 1 N–H and O–H groups in total. The number of carbonyl (C=O) groups is 1. The van der Waals surface area contributed by atoms with Gasteiger partial charge in [-0.15, -0.1) is 0 Å². The summed E-state index contributed by atoms with van der Waals surface area (Å²) in [7, 11) is 1.86. The summed E-state index contributed by atoms with van der Waals surface area (Å²) in [6.45, 7) is 4.07. The monoisotopic (exact) mass is 347 g/mol. The zero-order chi connectivity index (χ0) is 15.1. The largest absolute Gasteiger partial charge is 0.310 e. The lowest BCUT2D eigenvalue weighted by molar-refractivity contribution is -0.117. The predicted octanol–water partition coefficient (Wildman–Crippen LogP) is 3.75. The van der Waals surface area contributed by atoms with Crippen molar-refractivity contribution < 1.29 is 4.79 Å². The van der Waals surface area contributed by atoms with Crippen molar-refractivity contribution in [3.05, 3.63) is 34.4 Å². The molecule has 3 rings (SSSR count). The second kappa shape index (κ2) is 5.30. The Labute approximate surface area is 132 Å². The van der Waals surface area contributed by atoms with Crippen LogP contribution in [0.1, 0.15) is 19.0 Å². The summed E-state index contributed by atoms with van der Waals surface area (Å²) >= 11 is 3.44. The molecule has 0 bridgehead atoms. The second-order valence-electron chi connectivity index (χ2n) is 5.75. The third kappa shape index (κ3) is 2.75. The Hall–Kier alpha value is -1.62. The van der Waals surface area contributed by atoms with E-state index in [-0.39, 0.29) is 11.8 Å². The van der Waals surface area contributed by atoms with Gasteiger partial charge >= 0.3 is 0 Å². The van der Waals surface area contributed by atoms with E-state index in [1.165, 1.54) is 0 Å². The molecule has 5 heteroatoms. The Morgan fingerprint density at radius 3 is 2.57 bits per heavy atom. The van der Waals surface area contributed by atoms with E-state index in [0.717, 1.165) is 33.5 Å². The number of nitrogens with one attached hydrogen (secondary N) is 1. The van der Waals surface area contributed by atoms with Crippen molar-refractivity contribution in [2.75, 3.05) is 5.32 Å². The first-order chi connectivity index (χ1) is 9.97. The summed E-state index contributed by atoms with van der Waals surface area (Å²) in [5.41, 5.74) is 2.97. The molecule has 2 aromatic rings. The van der Waals surface area contributed by atoms with Gasteiger partial charge in [-0.05, 0) is 37.0 Å². The van der Waals surface area contributed by atoms with Gasteiger partial charge in [-0.1, -0.05) is 35.0 Å². The number of hydrogen-bond acceptors (Lipinski definition) is 2. The van der Waals surface area contributed by atoms with Crippen molar-refractivity contribution in [2.45, 2.75) is 20.3 Å².